The van der Waals surface area contributed by atoms with Gasteiger partial charge < -0.3 is 10.5 Å². The zero-order valence-electron chi connectivity index (χ0n) is 7.84. The van der Waals surface area contributed by atoms with Gasteiger partial charge in [0.1, 0.15) is 0 Å². The minimum Gasteiger partial charge on any atom is -0.465 e. The molecule has 3 heteroatoms. The van der Waals surface area contributed by atoms with Crippen LogP contribution < -0.4 is 5.73 Å². The van der Waals surface area contributed by atoms with Gasteiger partial charge in [-0.15, -0.1) is 0 Å². The van der Waals surface area contributed by atoms with Crippen LogP contribution in [0.1, 0.15) is 39.0 Å². The molecule has 0 unspecified atom stereocenters. The molecule has 0 radical (unpaired) electrons. The third-order valence-corrected chi connectivity index (χ3v) is 1.72. The van der Waals surface area contributed by atoms with E-state index in [4.69, 9.17) is 5.73 Å². The van der Waals surface area contributed by atoms with Crippen molar-refractivity contribution >= 4 is 5.97 Å². The van der Waals surface area contributed by atoms with Crippen LogP contribution in [-0.4, -0.2) is 19.1 Å². The molecule has 0 saturated heterocycles. The first-order valence-corrected chi connectivity index (χ1v) is 4.67. The van der Waals surface area contributed by atoms with Gasteiger partial charge >= 0.3 is 5.97 Å². The van der Waals surface area contributed by atoms with Crippen LogP contribution in [0.15, 0.2) is 0 Å². The first kappa shape index (κ1) is 11.4. The van der Waals surface area contributed by atoms with Crippen LogP contribution in [0.2, 0.25) is 0 Å². The summed E-state index contributed by atoms with van der Waals surface area (Å²) < 4.78 is 4.43. The second kappa shape index (κ2) is 8.53. The maximum Gasteiger partial charge on any atom is 0.319 e. The summed E-state index contributed by atoms with van der Waals surface area (Å²) in [4.78, 5) is 10.1. The van der Waals surface area contributed by atoms with Gasteiger partial charge in [-0.3, -0.25) is 4.79 Å². The van der Waals surface area contributed by atoms with Crippen molar-refractivity contribution < 1.29 is 9.53 Å². The Hall–Kier alpha value is -0.570. The SMILES string of the molecule is C1CCCC1.CCOC(=O)CN. The molecule has 2 N–H and O–H groups in total. The molecule has 0 amide bonds. The van der Waals surface area contributed by atoms with Crippen LogP contribution in [0.4, 0.5) is 0 Å². The summed E-state index contributed by atoms with van der Waals surface area (Å²) in [6, 6.07) is 0. The van der Waals surface area contributed by atoms with Crippen LogP contribution in [0.25, 0.3) is 0 Å². The van der Waals surface area contributed by atoms with E-state index in [0.29, 0.717) is 6.61 Å². The van der Waals surface area contributed by atoms with Gasteiger partial charge in [0.15, 0.2) is 0 Å². The Morgan fingerprint density at radius 3 is 1.83 bits per heavy atom. The smallest absolute Gasteiger partial charge is 0.319 e. The molecule has 0 atom stereocenters. The second-order valence-electron chi connectivity index (χ2n) is 2.78. The average molecular weight is 173 g/mol. The van der Waals surface area contributed by atoms with Crippen molar-refractivity contribution in [1.82, 2.24) is 0 Å². The van der Waals surface area contributed by atoms with Gasteiger partial charge in [0.25, 0.3) is 0 Å². The van der Waals surface area contributed by atoms with E-state index in [1.807, 2.05) is 0 Å². The number of carbonyl (C=O) groups excluding carboxylic acids is 1. The summed E-state index contributed by atoms with van der Waals surface area (Å²) in [6.45, 7) is 2.14. The molecule has 12 heavy (non-hydrogen) atoms. The molecule has 0 aliphatic heterocycles. The molecule has 0 heterocycles. The topological polar surface area (TPSA) is 52.3 Å². The summed E-state index contributed by atoms with van der Waals surface area (Å²) in [6.07, 6.45) is 7.50. The van der Waals surface area contributed by atoms with Gasteiger partial charge in [-0.25, -0.2) is 0 Å². The predicted octanol–water partition coefficient (Wildman–Crippen LogP) is 1.46. The Bertz CT molecular complexity index is 103. The Morgan fingerprint density at radius 1 is 1.25 bits per heavy atom. The predicted molar refractivity (Wildman–Crippen MR) is 48.8 cm³/mol. The average Bonchev–Trinajstić information content (AvgIpc) is 2.62. The third-order valence-electron chi connectivity index (χ3n) is 1.72. The molecule has 0 aromatic heterocycles. The van der Waals surface area contributed by atoms with Gasteiger partial charge in [-0.05, 0) is 6.92 Å². The maximum atomic E-state index is 10.1. The van der Waals surface area contributed by atoms with Crippen LogP contribution >= 0.6 is 0 Å². The summed E-state index contributed by atoms with van der Waals surface area (Å²) >= 11 is 0. The first-order chi connectivity index (χ1) is 5.81. The van der Waals surface area contributed by atoms with Crippen molar-refractivity contribution in [2.24, 2.45) is 5.73 Å². The molecule has 1 saturated carbocycles. The van der Waals surface area contributed by atoms with E-state index in [0.717, 1.165) is 0 Å². The lowest BCUT2D eigenvalue weighted by molar-refractivity contribution is -0.141. The van der Waals surface area contributed by atoms with Crippen molar-refractivity contribution in [1.29, 1.82) is 0 Å². The number of nitrogens with two attached hydrogens (primary N) is 1. The van der Waals surface area contributed by atoms with Crippen molar-refractivity contribution in [3.8, 4) is 0 Å². The van der Waals surface area contributed by atoms with Gasteiger partial charge in [0, 0.05) is 0 Å². The fourth-order valence-corrected chi connectivity index (χ4v) is 1.10. The van der Waals surface area contributed by atoms with E-state index < -0.39 is 0 Å². The lowest BCUT2D eigenvalue weighted by Crippen LogP contribution is -2.16. The number of hydrogen-bond donors (Lipinski definition) is 1. The van der Waals surface area contributed by atoms with E-state index in [-0.39, 0.29) is 12.5 Å². The molecule has 0 bridgehead atoms. The minimum atomic E-state index is -0.345. The minimum absolute atomic E-state index is 0.0200. The summed E-state index contributed by atoms with van der Waals surface area (Å²) in [7, 11) is 0. The summed E-state index contributed by atoms with van der Waals surface area (Å²) in [5, 5.41) is 0. The van der Waals surface area contributed by atoms with Crippen LogP contribution in [0.3, 0.4) is 0 Å². The largest absolute Gasteiger partial charge is 0.465 e. The second-order valence-corrected chi connectivity index (χ2v) is 2.78. The molecule has 0 spiro atoms. The van der Waals surface area contributed by atoms with E-state index >= 15 is 0 Å². The highest BCUT2D eigenvalue weighted by Gasteiger charge is 1.95. The highest BCUT2D eigenvalue weighted by molar-refractivity contribution is 5.71. The van der Waals surface area contributed by atoms with Gasteiger partial charge in [0.05, 0.1) is 13.2 Å². The summed E-state index contributed by atoms with van der Waals surface area (Å²) in [5.74, 6) is -0.345. The quantitative estimate of drug-likeness (QED) is 0.643. The van der Waals surface area contributed by atoms with E-state index in [2.05, 4.69) is 4.74 Å². The third kappa shape index (κ3) is 7.54. The Balaban J connectivity index is 0.000000211. The molecular formula is C9H19NO2. The molecule has 0 aromatic carbocycles. The van der Waals surface area contributed by atoms with Gasteiger partial charge in [0.2, 0.25) is 0 Å². The van der Waals surface area contributed by atoms with Crippen molar-refractivity contribution in [3.63, 3.8) is 0 Å². The van der Waals surface area contributed by atoms with E-state index in [1.54, 1.807) is 6.92 Å². The highest BCUT2D eigenvalue weighted by Crippen LogP contribution is 2.15. The summed E-state index contributed by atoms with van der Waals surface area (Å²) in [5.41, 5.74) is 4.88. The zero-order valence-corrected chi connectivity index (χ0v) is 7.84. The number of ether oxygens (including phenoxy) is 1. The fraction of sp³-hybridized carbons (Fsp3) is 0.889. The lowest BCUT2D eigenvalue weighted by atomic mass is 10.4. The molecule has 1 fully saturated rings. The fourth-order valence-electron chi connectivity index (χ4n) is 1.10. The Morgan fingerprint density at radius 2 is 1.67 bits per heavy atom. The van der Waals surface area contributed by atoms with E-state index in [1.165, 1.54) is 32.1 Å². The van der Waals surface area contributed by atoms with Crippen LogP contribution in [0.5, 0.6) is 0 Å². The van der Waals surface area contributed by atoms with Crippen LogP contribution in [-0.2, 0) is 9.53 Å². The van der Waals surface area contributed by atoms with Gasteiger partial charge in [-0.1, -0.05) is 32.1 Å². The van der Waals surface area contributed by atoms with Crippen molar-refractivity contribution in [3.05, 3.63) is 0 Å². The van der Waals surface area contributed by atoms with Crippen molar-refractivity contribution in [2.75, 3.05) is 13.2 Å². The maximum absolute atomic E-state index is 10.1. The van der Waals surface area contributed by atoms with E-state index in [9.17, 15) is 4.79 Å². The lowest BCUT2D eigenvalue weighted by Gasteiger charge is -1.93. The number of carbonyl (C=O) groups is 1. The molecule has 72 valence electrons. The molecule has 1 aliphatic rings. The molecule has 0 aromatic rings. The normalized spacial score (nSPS) is 14.8. The van der Waals surface area contributed by atoms with Crippen molar-refractivity contribution in [2.45, 2.75) is 39.0 Å². The number of hydrogen-bond acceptors (Lipinski definition) is 3. The number of esters is 1. The highest BCUT2D eigenvalue weighted by atomic mass is 16.5. The standard InChI is InChI=1S/C5H10.C4H9NO2/c1-2-4-5-3-1;1-2-7-4(6)3-5/h1-5H2;2-3,5H2,1H3. The molecule has 1 rings (SSSR count). The van der Waals surface area contributed by atoms with Crippen LogP contribution in [0, 0.1) is 0 Å². The van der Waals surface area contributed by atoms with Gasteiger partial charge in [-0.2, -0.15) is 0 Å². The molecule has 1 aliphatic carbocycles. The number of rotatable bonds is 2. The zero-order chi connectivity index (χ0) is 9.23. The Kier molecular flexibility index (Phi) is 8.12. The first-order valence-electron chi connectivity index (χ1n) is 4.67. The Labute approximate surface area is 74.3 Å². The molecular weight excluding hydrogens is 154 g/mol. The molecule has 3 nitrogen and oxygen atoms in total. The monoisotopic (exact) mass is 173 g/mol.